The van der Waals surface area contributed by atoms with Crippen LogP contribution in [0.2, 0.25) is 0 Å². The van der Waals surface area contributed by atoms with E-state index in [4.69, 9.17) is 11.1 Å². The van der Waals surface area contributed by atoms with E-state index in [0.29, 0.717) is 17.3 Å². The summed E-state index contributed by atoms with van der Waals surface area (Å²) in [6, 6.07) is 0.601. The number of rotatable bonds is 6. The van der Waals surface area contributed by atoms with Gasteiger partial charge in [0.25, 0.3) is 0 Å². The lowest BCUT2D eigenvalue weighted by molar-refractivity contribution is 0.189. The first-order valence-corrected chi connectivity index (χ1v) is 5.56. The van der Waals surface area contributed by atoms with Gasteiger partial charge < -0.3 is 10.6 Å². The van der Waals surface area contributed by atoms with Crippen LogP contribution in [0.3, 0.4) is 0 Å². The van der Waals surface area contributed by atoms with E-state index in [1.165, 1.54) is 12.8 Å². The quantitative estimate of drug-likeness (QED) is 0.504. The maximum Gasteiger partial charge on any atom is 0.0911 e. The molecule has 0 spiro atoms. The summed E-state index contributed by atoms with van der Waals surface area (Å²) in [5.74, 6) is 0.349. The van der Waals surface area contributed by atoms with Crippen LogP contribution in [0.4, 0.5) is 0 Å². The molecule has 0 heterocycles. The maximum atomic E-state index is 7.36. The van der Waals surface area contributed by atoms with Crippen molar-refractivity contribution in [1.82, 2.24) is 4.90 Å². The molecule has 0 bridgehead atoms. The third-order valence-electron chi connectivity index (χ3n) is 3.20. The lowest BCUT2D eigenvalue weighted by atomic mass is 10.0. The predicted octanol–water partition coefficient (Wildman–Crippen LogP) is 1.82. The zero-order valence-electron chi connectivity index (χ0n) is 9.64. The molecule has 0 unspecified atom stereocenters. The molecular weight excluding hydrogens is 174 g/mol. The van der Waals surface area contributed by atoms with Crippen molar-refractivity contribution in [3.05, 3.63) is 0 Å². The number of amidine groups is 1. The van der Waals surface area contributed by atoms with Crippen molar-refractivity contribution < 1.29 is 0 Å². The summed E-state index contributed by atoms with van der Waals surface area (Å²) in [4.78, 5) is 2.47. The van der Waals surface area contributed by atoms with Crippen LogP contribution in [0.15, 0.2) is 0 Å². The van der Waals surface area contributed by atoms with Crippen molar-refractivity contribution >= 4 is 5.84 Å². The Labute approximate surface area is 87.2 Å². The van der Waals surface area contributed by atoms with Gasteiger partial charge in [0.15, 0.2) is 0 Å². The Kier molecular flexibility index (Phi) is 3.53. The van der Waals surface area contributed by atoms with Crippen LogP contribution in [-0.4, -0.2) is 29.9 Å². The molecule has 0 aromatic heterocycles. The molecule has 0 aromatic carbocycles. The molecule has 1 aliphatic rings. The average molecular weight is 197 g/mol. The van der Waals surface area contributed by atoms with Gasteiger partial charge >= 0.3 is 0 Å². The zero-order valence-corrected chi connectivity index (χ0v) is 9.64. The minimum absolute atomic E-state index is 0.349. The third kappa shape index (κ3) is 2.98. The summed E-state index contributed by atoms with van der Waals surface area (Å²) >= 11 is 0. The number of nitrogens with zero attached hydrogens (tertiary/aromatic N) is 1. The highest BCUT2D eigenvalue weighted by molar-refractivity contribution is 5.78. The number of hydrogen-bond acceptors (Lipinski definition) is 2. The highest BCUT2D eigenvalue weighted by Gasteiger charge is 2.44. The summed E-state index contributed by atoms with van der Waals surface area (Å²) in [5.41, 5.74) is 5.83. The van der Waals surface area contributed by atoms with Crippen molar-refractivity contribution in [2.24, 2.45) is 11.1 Å². The molecule has 1 rings (SSSR count). The first-order chi connectivity index (χ1) is 6.49. The largest absolute Gasteiger partial charge is 0.388 e. The zero-order chi connectivity index (χ0) is 10.8. The van der Waals surface area contributed by atoms with Crippen LogP contribution in [0.5, 0.6) is 0 Å². The first kappa shape index (κ1) is 11.5. The summed E-state index contributed by atoms with van der Waals surface area (Å²) in [7, 11) is 0. The van der Waals surface area contributed by atoms with Gasteiger partial charge in [-0.3, -0.25) is 5.41 Å². The van der Waals surface area contributed by atoms with Gasteiger partial charge in [-0.05, 0) is 38.6 Å². The summed E-state index contributed by atoms with van der Waals surface area (Å²) < 4.78 is 0. The van der Waals surface area contributed by atoms with Gasteiger partial charge in [-0.2, -0.15) is 0 Å². The molecule has 1 aliphatic carbocycles. The van der Waals surface area contributed by atoms with Gasteiger partial charge in [0.2, 0.25) is 0 Å². The van der Waals surface area contributed by atoms with Crippen LogP contribution in [0.1, 0.15) is 40.0 Å². The van der Waals surface area contributed by atoms with E-state index in [-0.39, 0.29) is 0 Å². The van der Waals surface area contributed by atoms with Crippen molar-refractivity contribution in [2.75, 3.05) is 13.1 Å². The minimum atomic E-state index is 0.349. The molecule has 3 heteroatoms. The fourth-order valence-corrected chi connectivity index (χ4v) is 2.06. The van der Waals surface area contributed by atoms with Crippen LogP contribution in [0, 0.1) is 10.8 Å². The Hall–Kier alpha value is -0.570. The molecule has 0 saturated heterocycles. The molecule has 0 aromatic rings. The van der Waals surface area contributed by atoms with Crippen molar-refractivity contribution in [3.8, 4) is 0 Å². The highest BCUT2D eigenvalue weighted by atomic mass is 15.2. The van der Waals surface area contributed by atoms with Crippen molar-refractivity contribution in [2.45, 2.75) is 46.1 Å². The summed E-state index contributed by atoms with van der Waals surface area (Å²) in [6.07, 6.45) is 3.28. The summed E-state index contributed by atoms with van der Waals surface area (Å²) in [5, 5.41) is 7.36. The monoisotopic (exact) mass is 197 g/mol. The molecule has 1 fully saturated rings. The molecular formula is C11H23N3. The van der Waals surface area contributed by atoms with E-state index in [1.807, 2.05) is 0 Å². The van der Waals surface area contributed by atoms with Crippen molar-refractivity contribution in [1.29, 1.82) is 5.41 Å². The maximum absolute atomic E-state index is 7.36. The number of hydrogen-bond donors (Lipinski definition) is 2. The molecule has 82 valence electrons. The van der Waals surface area contributed by atoms with Gasteiger partial charge in [-0.15, -0.1) is 0 Å². The minimum Gasteiger partial charge on any atom is -0.388 e. The van der Waals surface area contributed by atoms with Crippen LogP contribution in [0.25, 0.3) is 0 Å². The number of nitrogens with two attached hydrogens (primary N) is 1. The van der Waals surface area contributed by atoms with Crippen molar-refractivity contribution in [3.63, 3.8) is 0 Å². The molecule has 0 aliphatic heterocycles. The van der Waals surface area contributed by atoms with E-state index < -0.39 is 0 Å². The molecule has 0 atom stereocenters. The summed E-state index contributed by atoms with van der Waals surface area (Å²) in [6.45, 7) is 8.86. The Morgan fingerprint density at radius 3 is 2.36 bits per heavy atom. The second-order valence-electron chi connectivity index (χ2n) is 4.86. The second-order valence-corrected chi connectivity index (χ2v) is 4.86. The van der Waals surface area contributed by atoms with Gasteiger partial charge in [0.05, 0.1) is 5.84 Å². The molecule has 0 radical (unpaired) electrons. The Balaban J connectivity index is 2.45. The lowest BCUT2D eigenvalue weighted by Crippen LogP contribution is -2.37. The van der Waals surface area contributed by atoms with Crippen LogP contribution < -0.4 is 5.73 Å². The average Bonchev–Trinajstić information content (AvgIpc) is 2.79. The van der Waals surface area contributed by atoms with Crippen LogP contribution >= 0.6 is 0 Å². The normalized spacial score (nSPS) is 18.9. The van der Waals surface area contributed by atoms with E-state index in [2.05, 4.69) is 25.7 Å². The second kappa shape index (κ2) is 4.30. The molecule has 14 heavy (non-hydrogen) atoms. The molecule has 1 saturated carbocycles. The highest BCUT2D eigenvalue weighted by Crippen LogP contribution is 2.49. The molecule has 3 N–H and O–H groups in total. The topological polar surface area (TPSA) is 53.1 Å². The standard InChI is InChI=1S/C11H23N3/c1-4-14(9(2)3)8-11(5-6-11)7-10(12)13/h9H,4-8H2,1-3H3,(H3,12,13). The van der Waals surface area contributed by atoms with E-state index in [9.17, 15) is 0 Å². The SMILES string of the molecule is CCN(CC1(CC(=N)N)CC1)C(C)C. The third-order valence-corrected chi connectivity index (χ3v) is 3.20. The fraction of sp³-hybridized carbons (Fsp3) is 0.909. The van der Waals surface area contributed by atoms with Gasteiger partial charge in [-0.25, -0.2) is 0 Å². The Morgan fingerprint density at radius 2 is 2.07 bits per heavy atom. The Morgan fingerprint density at radius 1 is 1.50 bits per heavy atom. The fourth-order valence-electron chi connectivity index (χ4n) is 2.06. The molecule has 0 amide bonds. The van der Waals surface area contributed by atoms with Gasteiger partial charge in [0, 0.05) is 19.0 Å². The van der Waals surface area contributed by atoms with Gasteiger partial charge in [0.1, 0.15) is 0 Å². The first-order valence-electron chi connectivity index (χ1n) is 5.56. The smallest absolute Gasteiger partial charge is 0.0911 e. The van der Waals surface area contributed by atoms with Gasteiger partial charge in [-0.1, -0.05) is 6.92 Å². The number of nitrogens with one attached hydrogen (secondary N) is 1. The predicted molar refractivity (Wildman–Crippen MR) is 60.6 cm³/mol. The van der Waals surface area contributed by atoms with Crippen LogP contribution in [-0.2, 0) is 0 Å². The van der Waals surface area contributed by atoms with E-state index in [0.717, 1.165) is 19.5 Å². The van der Waals surface area contributed by atoms with E-state index in [1.54, 1.807) is 0 Å². The molecule has 3 nitrogen and oxygen atoms in total. The lowest BCUT2D eigenvalue weighted by Gasteiger charge is -2.29. The Bertz CT molecular complexity index is 207. The van der Waals surface area contributed by atoms with E-state index >= 15 is 0 Å².